The van der Waals surface area contributed by atoms with E-state index in [2.05, 4.69) is 57.5 Å². The summed E-state index contributed by atoms with van der Waals surface area (Å²) in [6, 6.07) is 11.4. The third-order valence-electron chi connectivity index (χ3n) is 6.02. The van der Waals surface area contributed by atoms with Crippen molar-refractivity contribution in [2.75, 3.05) is 25.0 Å². The lowest BCUT2D eigenvalue weighted by molar-refractivity contribution is 0.204. The van der Waals surface area contributed by atoms with Gasteiger partial charge in [-0.1, -0.05) is 18.2 Å². The zero-order valence-electron chi connectivity index (χ0n) is 15.8. The summed E-state index contributed by atoms with van der Waals surface area (Å²) in [7, 11) is 2.20. The van der Waals surface area contributed by atoms with Crippen LogP contribution in [0.15, 0.2) is 41.9 Å². The number of fused-ring (bicyclic) bond motifs is 1. The van der Waals surface area contributed by atoms with Crippen LogP contribution in [0.1, 0.15) is 43.0 Å². The van der Waals surface area contributed by atoms with Gasteiger partial charge in [0, 0.05) is 49.5 Å². The molecule has 1 aliphatic heterocycles. The van der Waals surface area contributed by atoms with E-state index in [1.165, 1.54) is 41.3 Å². The molecule has 3 aromatic rings. The Morgan fingerprint density at radius 3 is 2.74 bits per heavy atom. The smallest absolute Gasteiger partial charge is 0.133 e. The summed E-state index contributed by atoms with van der Waals surface area (Å²) in [5, 5.41) is 3.76. The summed E-state index contributed by atoms with van der Waals surface area (Å²) < 4.78 is 1.40. The highest BCUT2D eigenvalue weighted by molar-refractivity contribution is 7.17. The Hall–Kier alpha value is -1.98. The number of anilines is 1. The molecule has 0 amide bonds. The minimum atomic E-state index is 0.572. The molecule has 4 nitrogen and oxygen atoms in total. The highest BCUT2D eigenvalue weighted by atomic mass is 32.1. The lowest BCUT2D eigenvalue weighted by atomic mass is 10.0. The number of thiophene rings is 1. The third kappa shape index (κ3) is 3.58. The maximum Gasteiger partial charge on any atom is 0.133 e. The molecule has 5 rings (SSSR count). The van der Waals surface area contributed by atoms with Crippen LogP contribution in [0.2, 0.25) is 0 Å². The zero-order chi connectivity index (χ0) is 18.2. The summed E-state index contributed by atoms with van der Waals surface area (Å²) in [6.45, 7) is 3.37. The average Bonchev–Trinajstić information content (AvgIpc) is 3.50. The van der Waals surface area contributed by atoms with E-state index >= 15 is 0 Å². The topological polar surface area (TPSA) is 32.3 Å². The lowest BCUT2D eigenvalue weighted by Gasteiger charge is -2.37. The third-order valence-corrected chi connectivity index (χ3v) is 7.04. The Morgan fingerprint density at radius 2 is 1.93 bits per heavy atom. The fourth-order valence-corrected chi connectivity index (χ4v) is 5.10. The van der Waals surface area contributed by atoms with Crippen LogP contribution in [-0.2, 0) is 6.54 Å². The fraction of sp³-hybridized carbons (Fsp3) is 0.455. The first-order chi connectivity index (χ1) is 13.3. The van der Waals surface area contributed by atoms with Gasteiger partial charge in [-0.25, -0.2) is 9.97 Å². The van der Waals surface area contributed by atoms with Crippen molar-refractivity contribution in [1.29, 1.82) is 0 Å². The SMILES string of the molecule is CN(c1ccnc(C2CC2)n1)C1CCN(Cc2csc3ccccc23)CC1. The second-order valence-electron chi connectivity index (χ2n) is 7.92. The van der Waals surface area contributed by atoms with Gasteiger partial charge in [0.2, 0.25) is 0 Å². The van der Waals surface area contributed by atoms with Gasteiger partial charge in [-0.05, 0) is 54.1 Å². The number of rotatable bonds is 5. The second-order valence-corrected chi connectivity index (χ2v) is 8.83. The van der Waals surface area contributed by atoms with Crippen LogP contribution in [0, 0.1) is 0 Å². The molecule has 27 heavy (non-hydrogen) atoms. The first kappa shape index (κ1) is 17.1. The van der Waals surface area contributed by atoms with E-state index < -0.39 is 0 Å². The number of benzene rings is 1. The van der Waals surface area contributed by atoms with Crippen molar-refractivity contribution in [1.82, 2.24) is 14.9 Å². The summed E-state index contributed by atoms with van der Waals surface area (Å²) in [4.78, 5) is 14.3. The second kappa shape index (κ2) is 7.21. The van der Waals surface area contributed by atoms with Gasteiger partial charge in [-0.2, -0.15) is 0 Å². The Bertz CT molecular complexity index is 925. The summed E-state index contributed by atoms with van der Waals surface area (Å²) in [5.74, 6) is 2.75. The molecule has 0 N–H and O–H groups in total. The number of hydrogen-bond acceptors (Lipinski definition) is 5. The molecule has 2 fully saturated rings. The average molecular weight is 379 g/mol. The standard InChI is InChI=1S/C22H26N4S/c1-25(21-8-11-23-22(24-21)16-6-7-16)18-9-12-26(13-10-18)14-17-15-27-20-5-3-2-4-19(17)20/h2-5,8,11,15-16,18H,6-7,9-10,12-14H2,1H3. The predicted octanol–water partition coefficient (Wildman–Crippen LogP) is 4.67. The minimum Gasteiger partial charge on any atom is -0.356 e. The Labute approximate surface area is 164 Å². The van der Waals surface area contributed by atoms with Gasteiger partial charge in [0.25, 0.3) is 0 Å². The summed E-state index contributed by atoms with van der Waals surface area (Å²) >= 11 is 1.86. The van der Waals surface area contributed by atoms with Crippen molar-refractivity contribution in [3.8, 4) is 0 Å². The molecule has 0 bridgehead atoms. The molecule has 0 atom stereocenters. The number of nitrogens with zero attached hydrogens (tertiary/aromatic N) is 4. The van der Waals surface area contributed by atoms with Gasteiger partial charge in [0.05, 0.1) is 0 Å². The van der Waals surface area contributed by atoms with E-state index in [9.17, 15) is 0 Å². The van der Waals surface area contributed by atoms with Gasteiger partial charge in [0.1, 0.15) is 11.6 Å². The summed E-state index contributed by atoms with van der Waals surface area (Å²) in [5.41, 5.74) is 1.48. The molecule has 1 aliphatic carbocycles. The van der Waals surface area contributed by atoms with Crippen LogP contribution in [0.25, 0.3) is 10.1 Å². The van der Waals surface area contributed by atoms with Crippen LogP contribution in [0.5, 0.6) is 0 Å². The van der Waals surface area contributed by atoms with Gasteiger partial charge in [0.15, 0.2) is 0 Å². The molecule has 140 valence electrons. The Morgan fingerprint density at radius 1 is 1.11 bits per heavy atom. The van der Waals surface area contributed by atoms with Crippen molar-refractivity contribution in [2.45, 2.75) is 44.2 Å². The van der Waals surface area contributed by atoms with Crippen molar-refractivity contribution >= 4 is 27.2 Å². The van der Waals surface area contributed by atoms with E-state index in [4.69, 9.17) is 4.98 Å². The predicted molar refractivity (Wildman–Crippen MR) is 113 cm³/mol. The van der Waals surface area contributed by atoms with Gasteiger partial charge in [-0.15, -0.1) is 11.3 Å². The molecule has 0 spiro atoms. The lowest BCUT2D eigenvalue weighted by Crippen LogP contribution is -2.43. The van der Waals surface area contributed by atoms with Crippen molar-refractivity contribution < 1.29 is 0 Å². The maximum atomic E-state index is 4.83. The molecular weight excluding hydrogens is 352 g/mol. The first-order valence-electron chi connectivity index (χ1n) is 10.0. The quantitative estimate of drug-likeness (QED) is 0.646. The molecule has 3 heterocycles. The summed E-state index contributed by atoms with van der Waals surface area (Å²) in [6.07, 6.45) is 6.83. The van der Waals surface area contributed by atoms with Crippen molar-refractivity contribution in [3.63, 3.8) is 0 Å². The molecule has 1 aromatic carbocycles. The number of hydrogen-bond donors (Lipinski definition) is 0. The van der Waals surface area contributed by atoms with Gasteiger partial charge >= 0.3 is 0 Å². The Kier molecular flexibility index (Phi) is 4.58. The monoisotopic (exact) mass is 378 g/mol. The number of likely N-dealkylation sites (tertiary alicyclic amines) is 1. The van der Waals surface area contributed by atoms with E-state index in [1.54, 1.807) is 0 Å². The fourth-order valence-electron chi connectivity index (χ4n) is 4.15. The van der Waals surface area contributed by atoms with Crippen LogP contribution in [-0.4, -0.2) is 41.0 Å². The van der Waals surface area contributed by atoms with Crippen molar-refractivity contribution in [3.05, 3.63) is 53.3 Å². The van der Waals surface area contributed by atoms with Crippen LogP contribution < -0.4 is 4.90 Å². The highest BCUT2D eigenvalue weighted by Gasteiger charge is 2.28. The zero-order valence-corrected chi connectivity index (χ0v) is 16.7. The highest BCUT2D eigenvalue weighted by Crippen LogP contribution is 2.38. The molecule has 2 aromatic heterocycles. The van der Waals surface area contributed by atoms with Crippen molar-refractivity contribution in [2.24, 2.45) is 0 Å². The largest absolute Gasteiger partial charge is 0.356 e. The van der Waals surface area contributed by atoms with E-state index in [-0.39, 0.29) is 0 Å². The molecule has 0 radical (unpaired) electrons. The number of piperidine rings is 1. The first-order valence-corrected chi connectivity index (χ1v) is 10.9. The molecule has 1 saturated carbocycles. The van der Waals surface area contributed by atoms with Gasteiger partial charge < -0.3 is 4.90 Å². The van der Waals surface area contributed by atoms with Gasteiger partial charge in [-0.3, -0.25) is 4.90 Å². The molecule has 1 saturated heterocycles. The molecule has 0 unspecified atom stereocenters. The maximum absolute atomic E-state index is 4.83. The molecule has 5 heteroatoms. The van der Waals surface area contributed by atoms with Crippen LogP contribution in [0.4, 0.5) is 5.82 Å². The normalized spacial score (nSPS) is 18.9. The van der Waals surface area contributed by atoms with E-state index in [0.29, 0.717) is 12.0 Å². The Balaban J connectivity index is 1.21. The van der Waals surface area contributed by atoms with E-state index in [1.807, 2.05) is 17.5 Å². The van der Waals surface area contributed by atoms with E-state index in [0.717, 1.165) is 31.3 Å². The minimum absolute atomic E-state index is 0.572. The number of aromatic nitrogens is 2. The van der Waals surface area contributed by atoms with Crippen LogP contribution in [0.3, 0.4) is 0 Å². The molecular formula is C22H26N4S. The molecule has 2 aliphatic rings. The van der Waals surface area contributed by atoms with Crippen LogP contribution >= 0.6 is 11.3 Å².